The molecule has 15 rings (SSSR count). The Morgan fingerprint density at radius 3 is 1.78 bits per heavy atom. The normalized spacial score (nSPS) is 12.1. The van der Waals surface area contributed by atoms with Crippen LogP contribution in [-0.2, 0) is 0 Å². The fraction of sp³-hybridized carbons (Fsp3) is 0. The summed E-state index contributed by atoms with van der Waals surface area (Å²) in [6, 6.07) is 66.2. The van der Waals surface area contributed by atoms with Gasteiger partial charge in [0.25, 0.3) is 0 Å². The van der Waals surface area contributed by atoms with E-state index < -0.39 is 0 Å². The lowest BCUT2D eigenvalue weighted by atomic mass is 9.90. The monoisotopic (exact) mass is 899 g/mol. The zero-order chi connectivity index (χ0) is 45.2. The number of thiophene rings is 1. The summed E-state index contributed by atoms with van der Waals surface area (Å²) in [6.07, 6.45) is 3.21. The summed E-state index contributed by atoms with van der Waals surface area (Å²) < 4.78 is 12.1. The molecule has 0 spiro atoms. The van der Waals surface area contributed by atoms with Crippen molar-refractivity contribution < 1.29 is 4.42 Å². The minimum absolute atomic E-state index is 0.629. The van der Waals surface area contributed by atoms with Crippen LogP contribution in [0.25, 0.3) is 149 Å². The summed E-state index contributed by atoms with van der Waals surface area (Å²) in [7, 11) is 0. The topological polar surface area (TPSA) is 95.4 Å². The summed E-state index contributed by atoms with van der Waals surface area (Å²) >= 11 is 1.84. The Bertz CT molecular complexity index is 4420. The molecule has 9 aromatic carbocycles. The first kappa shape index (κ1) is 38.0. The highest BCUT2D eigenvalue weighted by Crippen LogP contribution is 2.53. The van der Waals surface area contributed by atoms with Gasteiger partial charge in [0.15, 0.2) is 23.3 Å². The van der Waals surface area contributed by atoms with E-state index in [0.29, 0.717) is 23.3 Å². The number of fused-ring (bicyclic) bond motifs is 15. The largest absolute Gasteiger partial charge is 0.455 e. The van der Waals surface area contributed by atoms with Crippen molar-refractivity contribution in [3.05, 3.63) is 201 Å². The Hall–Kier alpha value is -9.18. The van der Waals surface area contributed by atoms with E-state index in [1.54, 1.807) is 12.7 Å². The van der Waals surface area contributed by atoms with E-state index in [1.165, 1.54) is 20.2 Å². The molecule has 14 aromatic rings. The Morgan fingerprint density at radius 2 is 1.01 bits per heavy atom. The van der Waals surface area contributed by atoms with Gasteiger partial charge in [0, 0.05) is 75.1 Å². The van der Waals surface area contributed by atoms with Crippen molar-refractivity contribution in [2.75, 3.05) is 0 Å². The molecule has 1 aliphatic rings. The van der Waals surface area contributed by atoms with Gasteiger partial charge in [0.1, 0.15) is 23.8 Å². The van der Waals surface area contributed by atoms with Gasteiger partial charge in [-0.05, 0) is 76.9 Å². The van der Waals surface area contributed by atoms with Crippen LogP contribution in [0, 0.1) is 0 Å². The van der Waals surface area contributed by atoms with E-state index in [2.05, 4.69) is 147 Å². The first-order valence-electron chi connectivity index (χ1n) is 22.8. The number of benzene rings is 9. The van der Waals surface area contributed by atoms with E-state index in [9.17, 15) is 0 Å². The van der Waals surface area contributed by atoms with Crippen molar-refractivity contribution in [1.29, 1.82) is 0 Å². The summed E-state index contributed by atoms with van der Waals surface area (Å²) in [5.74, 6) is 2.55. The molecular weight excluding hydrogens is 867 g/mol. The first-order chi connectivity index (χ1) is 34.2. The van der Waals surface area contributed by atoms with Gasteiger partial charge in [-0.2, -0.15) is 0 Å². The van der Waals surface area contributed by atoms with E-state index in [0.717, 1.165) is 105 Å². The second-order valence-electron chi connectivity index (χ2n) is 17.5. The van der Waals surface area contributed by atoms with Gasteiger partial charge in [-0.3, -0.25) is 0 Å². The molecule has 0 saturated heterocycles. The molecule has 0 fully saturated rings. The predicted octanol–water partition coefficient (Wildman–Crippen LogP) is 15.4. The van der Waals surface area contributed by atoms with Crippen LogP contribution in [0.15, 0.2) is 205 Å². The molecule has 1 aliphatic heterocycles. The number of rotatable bonds is 5. The molecule has 0 radical (unpaired) electrons. The minimum Gasteiger partial charge on any atom is -0.455 e. The molecule has 0 bridgehead atoms. The summed E-state index contributed by atoms with van der Waals surface area (Å²) in [5.41, 5.74) is 15.3. The van der Waals surface area contributed by atoms with Gasteiger partial charge in [-0.25, -0.2) is 29.9 Å². The van der Waals surface area contributed by atoms with E-state index in [4.69, 9.17) is 19.4 Å². The quantitative estimate of drug-likeness (QED) is 0.170. The average Bonchev–Trinajstić information content (AvgIpc) is 4.07. The van der Waals surface area contributed by atoms with E-state index in [-0.39, 0.29) is 0 Å². The molecule has 0 unspecified atom stereocenters. The molecule has 5 aromatic heterocycles. The SMILES string of the molecule is c1ccc(-c2ncnc(-c3ccc(-c4ccc5oc6c7c(ccc6c5c4)-n4c5ccccc5c5c(-c6ncnc(-c8ccccc8)n6)ccc(c54)-c4cc5sc6ccccc6c5cc4-7)cc3)n2)cc1. The van der Waals surface area contributed by atoms with Crippen LogP contribution in [-0.4, -0.2) is 34.5 Å². The lowest BCUT2D eigenvalue weighted by Gasteiger charge is -2.13. The zero-order valence-corrected chi connectivity index (χ0v) is 37.3. The number of nitrogens with zero attached hydrogens (tertiary/aromatic N) is 7. The Morgan fingerprint density at radius 1 is 0.391 bits per heavy atom. The van der Waals surface area contributed by atoms with Crippen LogP contribution in [0.1, 0.15) is 0 Å². The maximum atomic E-state index is 7.13. The minimum atomic E-state index is 0.629. The smallest absolute Gasteiger partial charge is 0.164 e. The summed E-state index contributed by atoms with van der Waals surface area (Å²) in [5, 5.41) is 6.81. The maximum Gasteiger partial charge on any atom is 0.164 e. The average molecular weight is 900 g/mol. The van der Waals surface area contributed by atoms with Crippen molar-refractivity contribution in [3.8, 4) is 84.6 Å². The number of hydrogen-bond acceptors (Lipinski definition) is 8. The van der Waals surface area contributed by atoms with Crippen molar-refractivity contribution in [2.24, 2.45) is 0 Å². The van der Waals surface area contributed by atoms with Crippen LogP contribution < -0.4 is 0 Å². The Kier molecular flexibility index (Phi) is 8.07. The van der Waals surface area contributed by atoms with Crippen molar-refractivity contribution in [3.63, 3.8) is 0 Å². The first-order valence-corrected chi connectivity index (χ1v) is 23.6. The lowest BCUT2D eigenvalue weighted by molar-refractivity contribution is 0.670. The molecule has 6 heterocycles. The Labute approximate surface area is 397 Å². The molecule has 8 nitrogen and oxygen atoms in total. The van der Waals surface area contributed by atoms with Crippen LogP contribution >= 0.6 is 11.3 Å². The van der Waals surface area contributed by atoms with Gasteiger partial charge in [0.05, 0.1) is 16.7 Å². The highest BCUT2D eigenvalue weighted by Gasteiger charge is 2.30. The summed E-state index contributed by atoms with van der Waals surface area (Å²) in [6.45, 7) is 0. The highest BCUT2D eigenvalue weighted by atomic mass is 32.1. The van der Waals surface area contributed by atoms with Gasteiger partial charge in [-0.15, -0.1) is 11.3 Å². The molecular formula is C60H33N7OS. The molecule has 0 atom stereocenters. The third kappa shape index (κ3) is 5.74. The highest BCUT2D eigenvalue weighted by molar-refractivity contribution is 7.25. The van der Waals surface area contributed by atoms with E-state index >= 15 is 0 Å². The number of furan rings is 1. The zero-order valence-electron chi connectivity index (χ0n) is 36.5. The van der Waals surface area contributed by atoms with Gasteiger partial charge >= 0.3 is 0 Å². The molecule has 0 N–H and O–H groups in total. The second-order valence-corrected chi connectivity index (χ2v) is 18.5. The number of hydrogen-bond donors (Lipinski definition) is 0. The van der Waals surface area contributed by atoms with E-state index in [1.807, 2.05) is 72.0 Å². The van der Waals surface area contributed by atoms with Crippen LogP contribution in [0.5, 0.6) is 0 Å². The number of aromatic nitrogens is 7. The third-order valence-electron chi connectivity index (χ3n) is 13.7. The lowest BCUT2D eigenvalue weighted by Crippen LogP contribution is -1.97. The molecule has 69 heavy (non-hydrogen) atoms. The fourth-order valence-corrected chi connectivity index (χ4v) is 11.7. The van der Waals surface area contributed by atoms with Crippen LogP contribution in [0.2, 0.25) is 0 Å². The van der Waals surface area contributed by atoms with Crippen LogP contribution in [0.3, 0.4) is 0 Å². The Balaban J connectivity index is 0.949. The van der Waals surface area contributed by atoms with Gasteiger partial charge in [-0.1, -0.05) is 133 Å². The fourth-order valence-electron chi connectivity index (χ4n) is 10.5. The van der Waals surface area contributed by atoms with Crippen LogP contribution in [0.4, 0.5) is 0 Å². The molecule has 320 valence electrons. The van der Waals surface area contributed by atoms with Gasteiger partial charge < -0.3 is 8.98 Å². The van der Waals surface area contributed by atoms with Crippen molar-refractivity contribution in [2.45, 2.75) is 0 Å². The summed E-state index contributed by atoms with van der Waals surface area (Å²) in [4.78, 5) is 28.3. The standard InChI is InChI=1S/C60H33N7OS/c1-3-11-35(12-4-1)57-61-32-62-59(65-57)37-21-19-34(20-22-37)38-23-28-50-45(29-38)41-26-27-49-54(56(41)68-50)47-30-46-39-15-8-10-18-51(39)69-52(46)31-44(47)40-24-25-43(53-42-16-7-9-17-48(42)67(49)55(40)53)60-64-33-63-58(66-60)36-13-5-2-6-14-36/h1-33H. The van der Waals surface area contributed by atoms with Crippen molar-refractivity contribution in [1.82, 2.24) is 34.5 Å². The predicted molar refractivity (Wildman–Crippen MR) is 279 cm³/mol. The number of para-hydroxylation sites is 1. The third-order valence-corrected chi connectivity index (χ3v) is 14.8. The molecule has 0 saturated carbocycles. The maximum absolute atomic E-state index is 7.13. The molecule has 9 heteroatoms. The molecule has 0 amide bonds. The molecule has 0 aliphatic carbocycles. The second kappa shape index (κ2) is 14.7. The van der Waals surface area contributed by atoms with Gasteiger partial charge in [0.2, 0.25) is 0 Å². The van der Waals surface area contributed by atoms with Crippen molar-refractivity contribution >= 4 is 75.3 Å².